The molecule has 4 rings (SSSR count). The summed E-state index contributed by atoms with van der Waals surface area (Å²) in [5.41, 5.74) is 6.56. The van der Waals surface area contributed by atoms with Crippen molar-refractivity contribution in [2.75, 3.05) is 13.2 Å². The number of ether oxygens (including phenoxy) is 1. The molecule has 4 heteroatoms. The lowest BCUT2D eigenvalue weighted by Crippen LogP contribution is -2.26. The average molecular weight is 397 g/mol. The number of hydrogen-bond donors (Lipinski definition) is 2. The molecule has 3 aromatic carbocycles. The smallest absolute Gasteiger partial charge is 0.407 e. The summed E-state index contributed by atoms with van der Waals surface area (Å²) in [7, 11) is 0. The zero-order chi connectivity index (χ0) is 20.8. The second-order valence-electron chi connectivity index (χ2n) is 7.16. The third kappa shape index (κ3) is 4.37. The molecule has 4 nitrogen and oxygen atoms in total. The number of alkyl carbamates (subject to hydrolysis) is 1. The van der Waals surface area contributed by atoms with E-state index in [0.717, 1.165) is 11.1 Å². The number of carbonyl (C=O) groups is 1. The van der Waals surface area contributed by atoms with Gasteiger partial charge in [0.15, 0.2) is 0 Å². The Hall–Kier alpha value is -3.55. The van der Waals surface area contributed by atoms with Crippen LogP contribution >= 0.6 is 0 Å². The number of amides is 1. The Morgan fingerprint density at radius 3 is 2.20 bits per heavy atom. The average Bonchev–Trinajstić information content (AvgIpc) is 3.12. The van der Waals surface area contributed by atoms with E-state index in [2.05, 4.69) is 41.4 Å². The van der Waals surface area contributed by atoms with Crippen molar-refractivity contribution in [2.45, 2.75) is 18.9 Å². The summed E-state index contributed by atoms with van der Waals surface area (Å²) in [6.07, 6.45) is 0.109. The molecule has 0 aliphatic heterocycles. The third-order valence-electron chi connectivity index (χ3n) is 5.23. The highest BCUT2D eigenvalue weighted by Crippen LogP contribution is 2.44. The van der Waals surface area contributed by atoms with Gasteiger partial charge in [-0.15, -0.1) is 0 Å². The van der Waals surface area contributed by atoms with Gasteiger partial charge in [-0.3, -0.25) is 0 Å². The van der Waals surface area contributed by atoms with Gasteiger partial charge in [0.25, 0.3) is 0 Å². The number of nitrogens with one attached hydrogen (secondary N) is 1. The standard InChI is InChI=1S/C26H23NO3/c28-17-20-14-12-19(13-15-20)7-5-6-16-27-26(29)30-18-25-23-10-3-1-8-21(23)22-9-2-4-11-24(22)25/h1-4,8-15,25,28H,6,16-18H2,(H,27,29). The predicted molar refractivity (Wildman–Crippen MR) is 117 cm³/mol. The Morgan fingerprint density at radius 1 is 0.933 bits per heavy atom. The molecule has 0 atom stereocenters. The maximum absolute atomic E-state index is 12.1. The van der Waals surface area contributed by atoms with E-state index >= 15 is 0 Å². The third-order valence-corrected chi connectivity index (χ3v) is 5.23. The summed E-state index contributed by atoms with van der Waals surface area (Å²) in [5.74, 6) is 6.14. The van der Waals surface area contributed by atoms with E-state index in [1.54, 1.807) is 0 Å². The molecule has 0 saturated carbocycles. The van der Waals surface area contributed by atoms with Crippen LogP contribution < -0.4 is 5.32 Å². The number of rotatable bonds is 5. The minimum absolute atomic E-state index is 0.0256. The predicted octanol–water partition coefficient (Wildman–Crippen LogP) is 4.46. The van der Waals surface area contributed by atoms with Crippen molar-refractivity contribution in [1.29, 1.82) is 0 Å². The fourth-order valence-electron chi connectivity index (χ4n) is 3.73. The second kappa shape index (κ2) is 9.30. The van der Waals surface area contributed by atoms with Gasteiger partial charge >= 0.3 is 6.09 Å². The van der Waals surface area contributed by atoms with Crippen LogP contribution in [0.2, 0.25) is 0 Å². The first-order valence-corrected chi connectivity index (χ1v) is 10.0. The summed E-state index contributed by atoms with van der Waals surface area (Å²) in [4.78, 5) is 12.1. The van der Waals surface area contributed by atoms with Gasteiger partial charge in [0.1, 0.15) is 6.61 Å². The van der Waals surface area contributed by atoms with Crippen LogP contribution in [-0.2, 0) is 11.3 Å². The summed E-state index contributed by atoms with van der Waals surface area (Å²) in [5, 5.41) is 11.8. The number of fused-ring (bicyclic) bond motifs is 3. The van der Waals surface area contributed by atoms with Gasteiger partial charge in [-0.2, -0.15) is 0 Å². The van der Waals surface area contributed by atoms with Crippen LogP contribution in [0.1, 0.15) is 34.6 Å². The van der Waals surface area contributed by atoms with Crippen LogP contribution in [0.5, 0.6) is 0 Å². The minimum Gasteiger partial charge on any atom is -0.449 e. The Kier molecular flexibility index (Phi) is 6.12. The van der Waals surface area contributed by atoms with Gasteiger partial charge in [-0.1, -0.05) is 72.5 Å². The normalized spacial score (nSPS) is 11.8. The number of aliphatic hydroxyl groups excluding tert-OH is 1. The van der Waals surface area contributed by atoms with E-state index < -0.39 is 6.09 Å². The van der Waals surface area contributed by atoms with Crippen molar-refractivity contribution in [3.8, 4) is 23.0 Å². The quantitative estimate of drug-likeness (QED) is 0.494. The molecule has 0 bridgehead atoms. The van der Waals surface area contributed by atoms with Gasteiger partial charge in [-0.05, 0) is 39.9 Å². The molecule has 0 heterocycles. The van der Waals surface area contributed by atoms with Crippen molar-refractivity contribution in [3.05, 3.63) is 95.1 Å². The molecule has 0 fully saturated rings. The molecule has 30 heavy (non-hydrogen) atoms. The molecule has 3 aromatic rings. The molecule has 0 unspecified atom stereocenters. The number of benzene rings is 3. The molecule has 1 aliphatic rings. The molecule has 0 aromatic heterocycles. The summed E-state index contributed by atoms with van der Waals surface area (Å²) >= 11 is 0. The zero-order valence-electron chi connectivity index (χ0n) is 16.6. The van der Waals surface area contributed by atoms with E-state index in [0.29, 0.717) is 19.6 Å². The van der Waals surface area contributed by atoms with Crippen molar-refractivity contribution in [3.63, 3.8) is 0 Å². The largest absolute Gasteiger partial charge is 0.449 e. The van der Waals surface area contributed by atoms with Gasteiger partial charge < -0.3 is 15.2 Å². The fourth-order valence-corrected chi connectivity index (χ4v) is 3.73. The number of aliphatic hydroxyl groups is 1. The molecule has 150 valence electrons. The van der Waals surface area contributed by atoms with Crippen molar-refractivity contribution >= 4 is 6.09 Å². The van der Waals surface area contributed by atoms with E-state index in [-0.39, 0.29) is 12.5 Å². The SMILES string of the molecule is O=C(NCCC#Cc1ccc(CO)cc1)OCC1c2ccccc2-c2ccccc21. The van der Waals surface area contributed by atoms with Crippen LogP contribution in [0, 0.1) is 11.8 Å². The molecule has 1 amide bonds. The minimum atomic E-state index is -0.425. The Bertz CT molecular complexity index is 1050. The van der Waals surface area contributed by atoms with Crippen LogP contribution in [-0.4, -0.2) is 24.4 Å². The van der Waals surface area contributed by atoms with Gasteiger partial charge in [0.05, 0.1) is 6.61 Å². The lowest BCUT2D eigenvalue weighted by Gasteiger charge is -2.14. The molecular formula is C26H23NO3. The van der Waals surface area contributed by atoms with E-state index in [1.807, 2.05) is 48.5 Å². The Morgan fingerprint density at radius 2 is 1.57 bits per heavy atom. The highest BCUT2D eigenvalue weighted by Gasteiger charge is 2.28. The lowest BCUT2D eigenvalue weighted by molar-refractivity contribution is 0.143. The van der Waals surface area contributed by atoms with Crippen molar-refractivity contribution in [2.24, 2.45) is 0 Å². The fraction of sp³-hybridized carbons (Fsp3) is 0.192. The molecule has 2 N–H and O–H groups in total. The van der Waals surface area contributed by atoms with Gasteiger partial charge in [-0.25, -0.2) is 4.79 Å². The topological polar surface area (TPSA) is 58.6 Å². The van der Waals surface area contributed by atoms with E-state index in [1.165, 1.54) is 22.3 Å². The maximum atomic E-state index is 12.1. The monoisotopic (exact) mass is 397 g/mol. The summed E-state index contributed by atoms with van der Waals surface area (Å²) in [6.45, 7) is 0.763. The van der Waals surface area contributed by atoms with Crippen LogP contribution in [0.25, 0.3) is 11.1 Å². The van der Waals surface area contributed by atoms with Crippen LogP contribution in [0.15, 0.2) is 72.8 Å². The first-order valence-electron chi connectivity index (χ1n) is 10.0. The van der Waals surface area contributed by atoms with Crippen molar-refractivity contribution < 1.29 is 14.6 Å². The number of carbonyl (C=O) groups excluding carboxylic acids is 1. The van der Waals surface area contributed by atoms with Crippen molar-refractivity contribution in [1.82, 2.24) is 5.32 Å². The molecule has 0 radical (unpaired) electrons. The molecule has 0 spiro atoms. The summed E-state index contributed by atoms with van der Waals surface area (Å²) in [6, 6.07) is 24.0. The van der Waals surface area contributed by atoms with Gasteiger partial charge in [0.2, 0.25) is 0 Å². The van der Waals surface area contributed by atoms with E-state index in [4.69, 9.17) is 9.84 Å². The highest BCUT2D eigenvalue weighted by atomic mass is 16.5. The second-order valence-corrected chi connectivity index (χ2v) is 7.16. The molecular weight excluding hydrogens is 374 g/mol. The number of hydrogen-bond acceptors (Lipinski definition) is 3. The molecule has 0 saturated heterocycles. The summed E-state index contributed by atoms with van der Waals surface area (Å²) < 4.78 is 5.51. The first-order chi connectivity index (χ1) is 14.8. The Balaban J connectivity index is 1.27. The van der Waals surface area contributed by atoms with E-state index in [9.17, 15) is 4.79 Å². The van der Waals surface area contributed by atoms with Crippen LogP contribution in [0.4, 0.5) is 4.79 Å². The Labute approximate surface area is 176 Å². The lowest BCUT2D eigenvalue weighted by atomic mass is 9.98. The maximum Gasteiger partial charge on any atom is 0.407 e. The zero-order valence-corrected chi connectivity index (χ0v) is 16.6. The molecule has 1 aliphatic carbocycles. The van der Waals surface area contributed by atoms with Gasteiger partial charge in [0, 0.05) is 24.4 Å². The van der Waals surface area contributed by atoms with Crippen LogP contribution in [0.3, 0.4) is 0 Å². The highest BCUT2D eigenvalue weighted by molar-refractivity contribution is 5.79. The first kappa shape index (κ1) is 19.8.